The van der Waals surface area contributed by atoms with E-state index >= 15 is 4.79 Å². The minimum atomic E-state index is -2.45. The van der Waals surface area contributed by atoms with Crippen LogP contribution in [0.15, 0.2) is 9.66 Å². The number of carbonyl (C=O) groups excluding carboxylic acids is 1. The van der Waals surface area contributed by atoms with E-state index in [4.69, 9.17) is 17.7 Å². The zero-order chi connectivity index (χ0) is 40.8. The lowest BCUT2D eigenvalue weighted by atomic mass is 9.87. The second kappa shape index (κ2) is 19.3. The molecule has 6 nitrogen and oxygen atoms in total. The molecule has 0 amide bonds. The van der Waals surface area contributed by atoms with Crippen LogP contribution in [0.4, 0.5) is 0 Å². The van der Waals surface area contributed by atoms with Crippen LogP contribution < -0.4 is 0 Å². The van der Waals surface area contributed by atoms with Crippen molar-refractivity contribution in [2.24, 2.45) is 5.92 Å². The van der Waals surface area contributed by atoms with Crippen LogP contribution in [-0.4, -0.2) is 74.2 Å². The summed E-state index contributed by atoms with van der Waals surface area (Å²) in [7, 11) is -9.16. The van der Waals surface area contributed by atoms with Crippen molar-refractivity contribution in [1.82, 2.24) is 0 Å². The normalized spacial score (nSPS) is 18.9. The third-order valence-corrected chi connectivity index (χ3v) is 32.2. The molecule has 0 rings (SSSR count). The molecule has 0 aliphatic carbocycles. The largest absolute Gasteiger partial charge is 0.413 e. The third kappa shape index (κ3) is 14.7. The maximum absolute atomic E-state index is 15.3. The molecule has 51 heavy (non-hydrogen) atoms. The van der Waals surface area contributed by atoms with Crippen molar-refractivity contribution in [3.63, 3.8) is 0 Å². The first-order chi connectivity index (χ1) is 22.6. The van der Waals surface area contributed by atoms with Crippen LogP contribution in [-0.2, 0) is 22.5 Å². The van der Waals surface area contributed by atoms with Gasteiger partial charge >= 0.3 is 0 Å². The molecule has 0 bridgehead atoms. The van der Waals surface area contributed by atoms with E-state index in [1.807, 2.05) is 6.92 Å². The first kappa shape index (κ1) is 51.8. The van der Waals surface area contributed by atoms with Crippen LogP contribution in [0.5, 0.6) is 0 Å². The lowest BCUT2D eigenvalue weighted by Gasteiger charge is -2.48. The fourth-order valence-corrected chi connectivity index (χ4v) is 13.7. The summed E-state index contributed by atoms with van der Waals surface area (Å²) in [5, 5.41) is 10.5. The standard InChI is InChI=1S/C40H85IO6Si4/c1-23-51(24-2,25-3)44-33(28-40(16,31(5)29-41)47-50(21,22)39(13,14)15)27-34(43)36(46-49(19,20)38(10,11)12)35(30(4)26-32(6)42)45-48(17,18)37(7,8)9/h29-30,32-33,35-36,42H,23-28H2,1-22H3/b31-29+/t30-,32+,33-,35+,36+,40-/m1/s1. The lowest BCUT2D eigenvalue weighted by Crippen LogP contribution is -2.57. The van der Waals surface area contributed by atoms with Crippen molar-refractivity contribution in [2.75, 3.05) is 0 Å². The molecule has 0 aromatic rings. The zero-order valence-electron chi connectivity index (χ0n) is 37.6. The van der Waals surface area contributed by atoms with E-state index in [1.54, 1.807) is 0 Å². The molecule has 0 spiro atoms. The van der Waals surface area contributed by atoms with Gasteiger partial charge in [-0.25, -0.2) is 0 Å². The van der Waals surface area contributed by atoms with Gasteiger partial charge < -0.3 is 22.8 Å². The van der Waals surface area contributed by atoms with Gasteiger partial charge in [-0.15, -0.1) is 0 Å². The smallest absolute Gasteiger partial charge is 0.193 e. The second-order valence-corrected chi connectivity index (χ2v) is 40.0. The summed E-state index contributed by atoms with van der Waals surface area (Å²) in [6.07, 6.45) is -0.761. The van der Waals surface area contributed by atoms with Gasteiger partial charge in [0, 0.05) is 12.8 Å². The van der Waals surface area contributed by atoms with Gasteiger partial charge in [0.15, 0.2) is 39.1 Å². The van der Waals surface area contributed by atoms with Crippen LogP contribution in [0.25, 0.3) is 0 Å². The SMILES string of the molecule is CC[Si](CC)(CC)O[C@H](CC(=O)[C@H](O[Si](C)(C)C(C)(C)C)[C@@H](O[Si](C)(C)C(C)(C)C)[C@H](C)C[C@H](C)O)C[C@@](C)(O[Si](C)(C)C(C)(C)C)/C(C)=C/I. The molecule has 0 fully saturated rings. The molecular formula is C40H85IO6Si4. The highest BCUT2D eigenvalue weighted by Gasteiger charge is 2.50. The molecule has 0 aliphatic heterocycles. The number of hydrogen-bond acceptors (Lipinski definition) is 6. The fraction of sp³-hybridized carbons (Fsp3) is 0.925. The molecule has 0 heterocycles. The van der Waals surface area contributed by atoms with Gasteiger partial charge in [-0.2, -0.15) is 0 Å². The Morgan fingerprint density at radius 2 is 1.14 bits per heavy atom. The van der Waals surface area contributed by atoms with Gasteiger partial charge in [-0.05, 0) is 115 Å². The van der Waals surface area contributed by atoms with E-state index in [0.29, 0.717) is 12.8 Å². The van der Waals surface area contributed by atoms with Gasteiger partial charge in [0.2, 0.25) is 0 Å². The Balaban J connectivity index is 7.63. The van der Waals surface area contributed by atoms with E-state index < -0.39 is 57.2 Å². The maximum atomic E-state index is 15.3. The van der Waals surface area contributed by atoms with E-state index in [2.05, 4.69) is 170 Å². The average molecular weight is 901 g/mol. The van der Waals surface area contributed by atoms with Crippen molar-refractivity contribution < 1.29 is 27.6 Å². The molecule has 0 aromatic heterocycles. The number of rotatable bonds is 21. The van der Waals surface area contributed by atoms with E-state index in [9.17, 15) is 5.11 Å². The van der Waals surface area contributed by atoms with Gasteiger partial charge in [0.25, 0.3) is 0 Å². The van der Waals surface area contributed by atoms with Gasteiger partial charge in [-0.1, -0.05) is 113 Å². The lowest BCUT2D eigenvalue weighted by molar-refractivity contribution is -0.135. The predicted molar refractivity (Wildman–Crippen MR) is 240 cm³/mol. The number of aliphatic hydroxyl groups is 1. The molecule has 0 saturated heterocycles. The average Bonchev–Trinajstić information content (AvgIpc) is 2.94. The molecule has 1 N–H and O–H groups in total. The summed E-state index contributed by atoms with van der Waals surface area (Å²) >= 11 is 2.34. The number of hydrogen-bond donors (Lipinski definition) is 1. The number of ketones is 1. The summed E-state index contributed by atoms with van der Waals surface area (Å²) in [6, 6.07) is 2.99. The molecule has 0 saturated carbocycles. The van der Waals surface area contributed by atoms with E-state index in [-0.39, 0.29) is 39.3 Å². The highest BCUT2D eigenvalue weighted by molar-refractivity contribution is 14.1. The molecular weight excluding hydrogens is 816 g/mol. The first-order valence-corrected chi connectivity index (χ1v) is 32.3. The zero-order valence-corrected chi connectivity index (χ0v) is 43.7. The molecule has 6 atom stereocenters. The number of aliphatic hydroxyl groups excluding tert-OH is 1. The Morgan fingerprint density at radius 3 is 1.49 bits per heavy atom. The second-order valence-electron chi connectivity index (χ2n) is 20.4. The topological polar surface area (TPSA) is 74.2 Å². The van der Waals surface area contributed by atoms with Crippen molar-refractivity contribution in [3.05, 3.63) is 9.66 Å². The fourth-order valence-electron chi connectivity index (χ4n) is 5.87. The number of Topliss-reactive ketones (excluding diaryl/α,β-unsaturated/α-hetero) is 1. The molecule has 304 valence electrons. The summed E-state index contributed by atoms with van der Waals surface area (Å²) in [5.41, 5.74) is 0.557. The molecule has 0 aliphatic rings. The summed E-state index contributed by atoms with van der Waals surface area (Å²) in [6.45, 7) is 48.9. The van der Waals surface area contributed by atoms with Crippen LogP contribution in [0.3, 0.4) is 0 Å². The van der Waals surface area contributed by atoms with E-state index in [1.165, 1.54) is 0 Å². The Hall–Kier alpha value is 0.808. The monoisotopic (exact) mass is 900 g/mol. The quantitative estimate of drug-likeness (QED) is 0.0914. The van der Waals surface area contributed by atoms with Gasteiger partial charge in [-0.3, -0.25) is 4.79 Å². The summed E-state index contributed by atoms with van der Waals surface area (Å²) < 4.78 is 31.3. The molecule has 11 heteroatoms. The predicted octanol–water partition coefficient (Wildman–Crippen LogP) is 13.0. The van der Waals surface area contributed by atoms with Crippen LogP contribution in [0.1, 0.15) is 130 Å². The number of carbonyl (C=O) groups is 1. The summed E-state index contributed by atoms with van der Waals surface area (Å²) in [5.74, 6) is -0.0491. The van der Waals surface area contributed by atoms with Crippen LogP contribution >= 0.6 is 22.6 Å². The Labute approximate surface area is 335 Å². The van der Waals surface area contributed by atoms with Crippen molar-refractivity contribution >= 4 is 61.6 Å². The Morgan fingerprint density at radius 1 is 0.725 bits per heavy atom. The van der Waals surface area contributed by atoms with Crippen LogP contribution in [0.2, 0.25) is 72.5 Å². The van der Waals surface area contributed by atoms with E-state index in [0.717, 1.165) is 23.7 Å². The highest BCUT2D eigenvalue weighted by atomic mass is 127. The van der Waals surface area contributed by atoms with Gasteiger partial charge in [0.05, 0.1) is 23.9 Å². The molecule has 0 aromatic carbocycles. The summed E-state index contributed by atoms with van der Waals surface area (Å²) in [4.78, 5) is 15.3. The minimum Gasteiger partial charge on any atom is -0.413 e. The first-order valence-electron chi connectivity index (χ1n) is 19.8. The molecule has 0 radical (unpaired) electrons. The molecule has 0 unspecified atom stereocenters. The third-order valence-electron chi connectivity index (χ3n) is 13.0. The minimum absolute atomic E-state index is 0.0249. The van der Waals surface area contributed by atoms with Crippen molar-refractivity contribution in [3.8, 4) is 0 Å². The maximum Gasteiger partial charge on any atom is 0.193 e. The van der Waals surface area contributed by atoms with Crippen molar-refractivity contribution in [1.29, 1.82) is 0 Å². The van der Waals surface area contributed by atoms with Crippen LogP contribution in [0, 0.1) is 5.92 Å². The number of halogens is 1. The highest BCUT2D eigenvalue weighted by Crippen LogP contribution is 2.45. The van der Waals surface area contributed by atoms with Crippen molar-refractivity contribution in [2.45, 2.75) is 233 Å². The van der Waals surface area contributed by atoms with Gasteiger partial charge in [0.1, 0.15) is 6.10 Å². The Kier molecular flexibility index (Phi) is 19.6. The Bertz CT molecular complexity index is 1110.